The first-order valence-corrected chi connectivity index (χ1v) is 5.77. The van der Waals surface area contributed by atoms with Crippen molar-refractivity contribution in [3.05, 3.63) is 24.5 Å². The Bertz CT molecular complexity index is 544. The van der Waals surface area contributed by atoms with Gasteiger partial charge in [-0.25, -0.2) is 9.97 Å². The van der Waals surface area contributed by atoms with Gasteiger partial charge in [0.1, 0.15) is 11.3 Å². The van der Waals surface area contributed by atoms with Crippen LogP contribution in [0.25, 0.3) is 11.2 Å². The van der Waals surface area contributed by atoms with E-state index in [0.717, 1.165) is 5.52 Å². The number of rotatable bonds is 5. The van der Waals surface area contributed by atoms with Gasteiger partial charge in [0.05, 0.1) is 13.0 Å². The summed E-state index contributed by atoms with van der Waals surface area (Å²) >= 11 is 0. The molecule has 2 heterocycles. The number of esters is 1. The summed E-state index contributed by atoms with van der Waals surface area (Å²) in [5, 5.41) is 3.05. The Morgan fingerprint density at radius 3 is 3.00 bits per heavy atom. The van der Waals surface area contributed by atoms with Gasteiger partial charge in [-0.1, -0.05) is 0 Å². The van der Waals surface area contributed by atoms with E-state index in [2.05, 4.69) is 20.3 Å². The summed E-state index contributed by atoms with van der Waals surface area (Å²) in [6.07, 6.45) is 3.53. The van der Waals surface area contributed by atoms with Crippen molar-refractivity contribution < 1.29 is 9.53 Å². The largest absolute Gasteiger partial charge is 0.466 e. The van der Waals surface area contributed by atoms with Crippen LogP contribution in [0.1, 0.15) is 13.3 Å². The normalized spacial score (nSPS) is 10.3. The van der Waals surface area contributed by atoms with E-state index in [-0.39, 0.29) is 5.97 Å². The molecule has 0 spiro atoms. The van der Waals surface area contributed by atoms with Crippen molar-refractivity contribution in [2.75, 3.05) is 18.5 Å². The molecule has 0 aliphatic rings. The van der Waals surface area contributed by atoms with Crippen molar-refractivity contribution in [2.24, 2.45) is 0 Å². The number of fused-ring (bicyclic) bond motifs is 1. The first-order valence-electron chi connectivity index (χ1n) is 5.77. The minimum atomic E-state index is -0.217. The lowest BCUT2D eigenvalue weighted by Crippen LogP contribution is -2.12. The van der Waals surface area contributed by atoms with Crippen LogP contribution >= 0.6 is 0 Å². The number of nitrogens with one attached hydrogen (secondary N) is 1. The summed E-state index contributed by atoms with van der Waals surface area (Å²) in [6.45, 7) is 2.68. The molecule has 0 aromatic carbocycles. The molecule has 0 aliphatic carbocycles. The van der Waals surface area contributed by atoms with Crippen LogP contribution in [-0.4, -0.2) is 34.1 Å². The maximum Gasteiger partial charge on any atom is 0.307 e. The lowest BCUT2D eigenvalue weighted by Gasteiger charge is -2.05. The van der Waals surface area contributed by atoms with Crippen LogP contribution in [0.15, 0.2) is 24.5 Å². The third-order valence-corrected chi connectivity index (χ3v) is 2.27. The molecule has 0 unspecified atom stereocenters. The van der Waals surface area contributed by atoms with Crippen molar-refractivity contribution in [3.63, 3.8) is 0 Å². The predicted octanol–water partition coefficient (Wildman–Crippen LogP) is 1.39. The maximum atomic E-state index is 11.1. The summed E-state index contributed by atoms with van der Waals surface area (Å²) in [5.74, 6) is 0.456. The first-order chi connectivity index (χ1) is 8.79. The molecule has 0 radical (unpaired) electrons. The average molecular weight is 246 g/mol. The van der Waals surface area contributed by atoms with Crippen molar-refractivity contribution in [1.29, 1.82) is 0 Å². The van der Waals surface area contributed by atoms with E-state index in [1.165, 1.54) is 0 Å². The van der Waals surface area contributed by atoms with E-state index in [0.29, 0.717) is 31.0 Å². The van der Waals surface area contributed by atoms with Gasteiger partial charge >= 0.3 is 5.97 Å². The quantitative estimate of drug-likeness (QED) is 0.803. The minimum Gasteiger partial charge on any atom is -0.466 e. The fraction of sp³-hybridized carbons (Fsp3) is 0.333. The molecule has 0 fully saturated rings. The molecule has 0 bridgehead atoms. The highest BCUT2D eigenvalue weighted by Crippen LogP contribution is 2.09. The van der Waals surface area contributed by atoms with Crippen LogP contribution in [0.3, 0.4) is 0 Å². The van der Waals surface area contributed by atoms with Gasteiger partial charge in [-0.15, -0.1) is 0 Å². The number of anilines is 1. The third-order valence-electron chi connectivity index (χ3n) is 2.27. The summed E-state index contributed by atoms with van der Waals surface area (Å²) in [7, 11) is 0. The topological polar surface area (TPSA) is 77.0 Å². The highest BCUT2D eigenvalue weighted by Gasteiger charge is 2.02. The second kappa shape index (κ2) is 5.90. The van der Waals surface area contributed by atoms with Gasteiger partial charge in [-0.05, 0) is 19.1 Å². The highest BCUT2D eigenvalue weighted by atomic mass is 16.5. The second-order valence-electron chi connectivity index (χ2n) is 3.58. The van der Waals surface area contributed by atoms with E-state index in [4.69, 9.17) is 4.74 Å². The molecule has 94 valence electrons. The number of hydrogen-bond acceptors (Lipinski definition) is 6. The number of carbonyl (C=O) groups excluding carboxylic acids is 1. The third kappa shape index (κ3) is 3.13. The monoisotopic (exact) mass is 246 g/mol. The Morgan fingerprint density at radius 2 is 2.17 bits per heavy atom. The molecular weight excluding hydrogens is 232 g/mol. The Hall–Kier alpha value is -2.24. The van der Waals surface area contributed by atoms with Crippen molar-refractivity contribution >= 4 is 23.0 Å². The van der Waals surface area contributed by atoms with Gasteiger partial charge in [-0.3, -0.25) is 9.78 Å². The Labute approximate surface area is 104 Å². The standard InChI is InChI=1S/C12H14N4O2/c1-2-18-11(17)5-6-14-10-4-3-9-12(16-10)15-8-7-13-9/h3-4,7-8H,2,5-6H2,1H3,(H,14,15,16). The number of nitrogens with zero attached hydrogens (tertiary/aromatic N) is 3. The van der Waals surface area contributed by atoms with Gasteiger partial charge in [-0.2, -0.15) is 0 Å². The van der Waals surface area contributed by atoms with Gasteiger partial charge in [0.25, 0.3) is 0 Å². The van der Waals surface area contributed by atoms with Crippen LogP contribution in [0.2, 0.25) is 0 Å². The number of carbonyl (C=O) groups is 1. The van der Waals surface area contributed by atoms with E-state index >= 15 is 0 Å². The van der Waals surface area contributed by atoms with Crippen LogP contribution in [-0.2, 0) is 9.53 Å². The van der Waals surface area contributed by atoms with Crippen LogP contribution in [0.4, 0.5) is 5.82 Å². The predicted molar refractivity (Wildman–Crippen MR) is 67.1 cm³/mol. The Balaban J connectivity index is 1.93. The Morgan fingerprint density at radius 1 is 1.33 bits per heavy atom. The smallest absolute Gasteiger partial charge is 0.307 e. The van der Waals surface area contributed by atoms with Gasteiger partial charge in [0, 0.05) is 18.9 Å². The molecule has 2 aromatic heterocycles. The van der Waals surface area contributed by atoms with Crippen molar-refractivity contribution in [2.45, 2.75) is 13.3 Å². The van der Waals surface area contributed by atoms with Crippen LogP contribution in [0.5, 0.6) is 0 Å². The van der Waals surface area contributed by atoms with Gasteiger partial charge in [0.2, 0.25) is 0 Å². The summed E-state index contributed by atoms with van der Waals surface area (Å²) in [4.78, 5) is 23.7. The lowest BCUT2D eigenvalue weighted by molar-refractivity contribution is -0.142. The van der Waals surface area contributed by atoms with Gasteiger partial charge in [0.15, 0.2) is 5.65 Å². The molecule has 2 rings (SSSR count). The summed E-state index contributed by atoms with van der Waals surface area (Å²) in [6, 6.07) is 3.64. The van der Waals surface area contributed by atoms with E-state index in [1.807, 2.05) is 12.1 Å². The van der Waals surface area contributed by atoms with Crippen molar-refractivity contribution in [1.82, 2.24) is 15.0 Å². The summed E-state index contributed by atoms with van der Waals surface area (Å²) < 4.78 is 4.83. The first kappa shape index (κ1) is 12.2. The second-order valence-corrected chi connectivity index (χ2v) is 3.58. The molecule has 0 atom stereocenters. The molecule has 6 heteroatoms. The molecule has 18 heavy (non-hydrogen) atoms. The molecule has 1 N–H and O–H groups in total. The molecule has 0 saturated carbocycles. The van der Waals surface area contributed by atoms with Gasteiger partial charge < -0.3 is 10.1 Å². The fourth-order valence-electron chi connectivity index (χ4n) is 1.48. The number of aromatic nitrogens is 3. The SMILES string of the molecule is CCOC(=O)CCNc1ccc2nccnc2n1. The average Bonchev–Trinajstić information content (AvgIpc) is 2.39. The Kier molecular flexibility index (Phi) is 4.01. The summed E-state index contributed by atoms with van der Waals surface area (Å²) in [5.41, 5.74) is 1.33. The molecule has 2 aromatic rings. The minimum absolute atomic E-state index is 0.217. The molecule has 0 aliphatic heterocycles. The lowest BCUT2D eigenvalue weighted by atomic mass is 10.4. The highest BCUT2D eigenvalue weighted by molar-refractivity contribution is 5.72. The fourth-order valence-corrected chi connectivity index (χ4v) is 1.48. The number of pyridine rings is 1. The zero-order chi connectivity index (χ0) is 12.8. The van der Waals surface area contributed by atoms with Crippen LogP contribution in [0, 0.1) is 0 Å². The van der Waals surface area contributed by atoms with Crippen molar-refractivity contribution in [3.8, 4) is 0 Å². The maximum absolute atomic E-state index is 11.1. The number of hydrogen-bond donors (Lipinski definition) is 1. The molecule has 0 saturated heterocycles. The zero-order valence-electron chi connectivity index (χ0n) is 10.1. The number of ether oxygens (including phenoxy) is 1. The van der Waals surface area contributed by atoms with E-state index in [9.17, 15) is 4.79 Å². The molecule has 6 nitrogen and oxygen atoms in total. The van der Waals surface area contributed by atoms with Crippen LogP contribution < -0.4 is 5.32 Å². The molecule has 0 amide bonds. The van der Waals surface area contributed by atoms with E-state index in [1.54, 1.807) is 19.3 Å². The molecular formula is C12H14N4O2. The van der Waals surface area contributed by atoms with E-state index < -0.39 is 0 Å². The zero-order valence-corrected chi connectivity index (χ0v) is 10.1.